The van der Waals surface area contributed by atoms with Crippen LogP contribution < -0.4 is 5.56 Å². The van der Waals surface area contributed by atoms with Gasteiger partial charge in [-0.25, -0.2) is 4.98 Å². The van der Waals surface area contributed by atoms with Gasteiger partial charge in [-0.1, -0.05) is 16.8 Å². The normalized spacial score (nSPS) is 11.2. The van der Waals surface area contributed by atoms with Crippen LogP contribution in [0.1, 0.15) is 10.6 Å². The molecule has 0 spiro atoms. The molecule has 0 aliphatic rings. The van der Waals surface area contributed by atoms with E-state index >= 15 is 0 Å². The van der Waals surface area contributed by atoms with Gasteiger partial charge in [0.05, 0.1) is 9.88 Å². The lowest BCUT2D eigenvalue weighted by molar-refractivity contribution is 0.432. The summed E-state index contributed by atoms with van der Waals surface area (Å²) in [6.45, 7) is 3.91. The van der Waals surface area contributed by atoms with Gasteiger partial charge in [0, 0.05) is 11.7 Å². The average molecular weight is 324 g/mol. The second-order valence-corrected chi connectivity index (χ2v) is 6.50. The maximum atomic E-state index is 12.3. The zero-order chi connectivity index (χ0) is 16.0. The highest BCUT2D eigenvalue weighted by atomic mass is 32.1. The molecule has 0 saturated heterocycles. The first-order valence-electron chi connectivity index (χ1n) is 7.01. The Labute approximate surface area is 134 Å². The van der Waals surface area contributed by atoms with Crippen molar-refractivity contribution in [3.05, 3.63) is 51.4 Å². The number of nitrogens with one attached hydrogen (secondary N) is 1. The standard InChI is InChI=1S/C16H12N4O2S/c1-8-3-4-12-10(5-8)6-11(15(21)18-12)16-19-14(20-22-16)13-7-17-9(2)23-13/h3-7H,1-2H3,(H,18,21). The topological polar surface area (TPSA) is 84.7 Å². The Hall–Kier alpha value is -2.80. The molecule has 1 N–H and O–H groups in total. The quantitative estimate of drug-likeness (QED) is 0.611. The first-order chi connectivity index (χ1) is 11.1. The van der Waals surface area contributed by atoms with E-state index in [-0.39, 0.29) is 11.4 Å². The summed E-state index contributed by atoms with van der Waals surface area (Å²) in [4.78, 5) is 24.4. The number of benzene rings is 1. The number of aromatic amines is 1. The average Bonchev–Trinajstić information content (AvgIpc) is 3.16. The fourth-order valence-electron chi connectivity index (χ4n) is 2.38. The van der Waals surface area contributed by atoms with Crippen LogP contribution in [0.2, 0.25) is 0 Å². The molecule has 0 aliphatic carbocycles. The molecular formula is C16H12N4O2S. The Bertz CT molecular complexity index is 1080. The molecule has 0 aliphatic heterocycles. The third-order valence-corrected chi connectivity index (χ3v) is 4.41. The fourth-order valence-corrected chi connectivity index (χ4v) is 3.09. The summed E-state index contributed by atoms with van der Waals surface area (Å²) in [5.41, 5.74) is 2.00. The van der Waals surface area contributed by atoms with Crippen molar-refractivity contribution in [2.45, 2.75) is 13.8 Å². The summed E-state index contributed by atoms with van der Waals surface area (Å²) < 4.78 is 5.27. The van der Waals surface area contributed by atoms with Crippen molar-refractivity contribution in [2.75, 3.05) is 0 Å². The van der Waals surface area contributed by atoms with Gasteiger partial charge in [-0.05, 0) is 37.4 Å². The lowest BCUT2D eigenvalue weighted by Crippen LogP contribution is -2.08. The minimum Gasteiger partial charge on any atom is -0.333 e. The summed E-state index contributed by atoms with van der Waals surface area (Å²) in [6, 6.07) is 7.61. The molecule has 6 nitrogen and oxygen atoms in total. The Morgan fingerprint density at radius 1 is 1.22 bits per heavy atom. The van der Waals surface area contributed by atoms with Crippen LogP contribution in [0.25, 0.3) is 33.1 Å². The summed E-state index contributed by atoms with van der Waals surface area (Å²) in [5, 5.41) is 5.79. The lowest BCUT2D eigenvalue weighted by Gasteiger charge is -2.01. The summed E-state index contributed by atoms with van der Waals surface area (Å²) >= 11 is 1.48. The molecule has 23 heavy (non-hydrogen) atoms. The summed E-state index contributed by atoms with van der Waals surface area (Å²) in [7, 11) is 0. The highest BCUT2D eigenvalue weighted by Crippen LogP contribution is 2.26. The molecule has 4 aromatic rings. The monoisotopic (exact) mass is 324 g/mol. The fraction of sp³-hybridized carbons (Fsp3) is 0.125. The molecular weight excluding hydrogens is 312 g/mol. The number of thiazole rings is 1. The van der Waals surface area contributed by atoms with Crippen LogP contribution in [-0.2, 0) is 0 Å². The van der Waals surface area contributed by atoms with Gasteiger partial charge in [-0.3, -0.25) is 4.79 Å². The number of hydrogen-bond acceptors (Lipinski definition) is 6. The van der Waals surface area contributed by atoms with E-state index in [4.69, 9.17) is 4.52 Å². The van der Waals surface area contributed by atoms with Gasteiger partial charge in [-0.2, -0.15) is 4.98 Å². The summed E-state index contributed by atoms with van der Waals surface area (Å²) in [6.07, 6.45) is 1.70. The van der Waals surface area contributed by atoms with Gasteiger partial charge in [0.1, 0.15) is 5.56 Å². The van der Waals surface area contributed by atoms with Gasteiger partial charge in [0.2, 0.25) is 5.82 Å². The smallest absolute Gasteiger partial charge is 0.263 e. The Morgan fingerprint density at radius 2 is 2.09 bits per heavy atom. The molecule has 0 bridgehead atoms. The lowest BCUT2D eigenvalue weighted by atomic mass is 10.1. The molecule has 3 heterocycles. The molecule has 0 radical (unpaired) electrons. The van der Waals surface area contributed by atoms with Crippen LogP contribution in [0, 0.1) is 13.8 Å². The molecule has 0 fully saturated rings. The molecule has 114 valence electrons. The highest BCUT2D eigenvalue weighted by molar-refractivity contribution is 7.14. The van der Waals surface area contributed by atoms with E-state index < -0.39 is 0 Å². The molecule has 7 heteroatoms. The number of aromatic nitrogens is 4. The third-order valence-electron chi connectivity index (χ3n) is 3.50. The maximum Gasteiger partial charge on any atom is 0.263 e. The van der Waals surface area contributed by atoms with E-state index in [0.29, 0.717) is 11.4 Å². The predicted molar refractivity (Wildman–Crippen MR) is 88.4 cm³/mol. The van der Waals surface area contributed by atoms with E-state index in [1.165, 1.54) is 11.3 Å². The van der Waals surface area contributed by atoms with Crippen LogP contribution in [0.5, 0.6) is 0 Å². The van der Waals surface area contributed by atoms with E-state index in [2.05, 4.69) is 20.1 Å². The SMILES string of the molecule is Cc1ccc2[nH]c(=O)c(-c3nc(-c4cnc(C)s4)no3)cc2c1. The van der Waals surface area contributed by atoms with Crippen molar-refractivity contribution in [3.63, 3.8) is 0 Å². The maximum absolute atomic E-state index is 12.3. The minimum atomic E-state index is -0.253. The molecule has 0 atom stereocenters. The number of aryl methyl sites for hydroxylation is 2. The zero-order valence-corrected chi connectivity index (χ0v) is 13.3. The van der Waals surface area contributed by atoms with Crippen LogP contribution in [0.3, 0.4) is 0 Å². The van der Waals surface area contributed by atoms with Crippen molar-refractivity contribution in [1.29, 1.82) is 0 Å². The Balaban J connectivity index is 1.84. The largest absolute Gasteiger partial charge is 0.333 e. The van der Waals surface area contributed by atoms with Crippen LogP contribution in [-0.4, -0.2) is 20.1 Å². The second kappa shape index (κ2) is 5.13. The number of H-pyrrole nitrogens is 1. The van der Waals surface area contributed by atoms with Crippen molar-refractivity contribution in [3.8, 4) is 22.2 Å². The molecule has 4 rings (SSSR count). The van der Waals surface area contributed by atoms with Gasteiger partial charge < -0.3 is 9.51 Å². The summed E-state index contributed by atoms with van der Waals surface area (Å²) in [5.74, 6) is 0.644. The van der Waals surface area contributed by atoms with Crippen molar-refractivity contribution in [2.24, 2.45) is 0 Å². The van der Waals surface area contributed by atoms with Crippen molar-refractivity contribution in [1.82, 2.24) is 20.1 Å². The van der Waals surface area contributed by atoms with Gasteiger partial charge in [0.15, 0.2) is 0 Å². The van der Waals surface area contributed by atoms with E-state index in [0.717, 1.165) is 26.4 Å². The molecule has 0 saturated carbocycles. The highest BCUT2D eigenvalue weighted by Gasteiger charge is 2.16. The van der Waals surface area contributed by atoms with Crippen LogP contribution in [0.15, 0.2) is 39.8 Å². The Kier molecular flexibility index (Phi) is 3.09. The van der Waals surface area contributed by atoms with E-state index in [1.54, 1.807) is 12.3 Å². The number of rotatable bonds is 2. The van der Waals surface area contributed by atoms with E-state index in [9.17, 15) is 4.79 Å². The van der Waals surface area contributed by atoms with Gasteiger partial charge in [-0.15, -0.1) is 11.3 Å². The number of hydrogen-bond donors (Lipinski definition) is 1. The Morgan fingerprint density at radius 3 is 2.87 bits per heavy atom. The zero-order valence-electron chi connectivity index (χ0n) is 12.5. The molecule has 3 aromatic heterocycles. The predicted octanol–water partition coefficient (Wildman–Crippen LogP) is 3.32. The first kappa shape index (κ1) is 13.8. The molecule has 1 aromatic carbocycles. The van der Waals surface area contributed by atoms with Gasteiger partial charge >= 0.3 is 0 Å². The van der Waals surface area contributed by atoms with Crippen molar-refractivity contribution >= 4 is 22.2 Å². The number of fused-ring (bicyclic) bond motifs is 1. The first-order valence-corrected chi connectivity index (χ1v) is 7.82. The van der Waals surface area contributed by atoms with Crippen LogP contribution in [0.4, 0.5) is 0 Å². The number of nitrogens with zero attached hydrogens (tertiary/aromatic N) is 3. The molecule has 0 unspecified atom stereocenters. The third kappa shape index (κ3) is 2.44. The van der Waals surface area contributed by atoms with Crippen molar-refractivity contribution < 1.29 is 4.52 Å². The minimum absolute atomic E-state index is 0.204. The van der Waals surface area contributed by atoms with Crippen LogP contribution >= 0.6 is 11.3 Å². The van der Waals surface area contributed by atoms with E-state index in [1.807, 2.05) is 32.0 Å². The molecule has 0 amide bonds. The number of pyridine rings is 1. The van der Waals surface area contributed by atoms with Gasteiger partial charge in [0.25, 0.3) is 11.4 Å². The second-order valence-electron chi connectivity index (χ2n) is 5.27.